The molecule has 3 rings (SSSR count). The maximum Gasteiger partial charge on any atom is 0.417 e. The average molecular weight is 423 g/mol. The molecule has 6 nitrogen and oxygen atoms in total. The molecule has 0 radical (unpaired) electrons. The molecule has 2 N–H and O–H groups in total. The van der Waals surface area contributed by atoms with Gasteiger partial charge in [0, 0.05) is 31.5 Å². The minimum absolute atomic E-state index is 0.0125. The van der Waals surface area contributed by atoms with Crippen molar-refractivity contribution in [3.05, 3.63) is 22.8 Å². The summed E-state index contributed by atoms with van der Waals surface area (Å²) in [7, 11) is 0. The molecule has 0 spiro atoms. The number of hydrogen-bond acceptors (Lipinski definition) is 5. The van der Waals surface area contributed by atoms with Crippen molar-refractivity contribution < 1.29 is 22.8 Å². The molecule has 0 aliphatic carbocycles. The van der Waals surface area contributed by atoms with Crippen LogP contribution in [0.1, 0.15) is 25.3 Å². The van der Waals surface area contributed by atoms with Crippen LogP contribution in [0, 0.1) is 0 Å². The van der Waals surface area contributed by atoms with Crippen molar-refractivity contribution in [3.8, 4) is 0 Å². The van der Waals surface area contributed by atoms with Gasteiger partial charge < -0.3 is 15.5 Å². The van der Waals surface area contributed by atoms with Crippen LogP contribution in [0.4, 0.5) is 19.0 Å². The number of fused-ring (bicyclic) bond motifs is 1. The molecule has 2 aliphatic heterocycles. The van der Waals surface area contributed by atoms with E-state index in [9.17, 15) is 22.8 Å². The molecule has 11 heteroatoms. The highest BCUT2D eigenvalue weighted by atomic mass is 35.5. The lowest BCUT2D eigenvalue weighted by atomic mass is 10.2. The molecule has 2 aliphatic rings. The van der Waals surface area contributed by atoms with Gasteiger partial charge in [-0.1, -0.05) is 11.6 Å². The Kier molecular flexibility index (Phi) is 5.49. The fraction of sp³-hybridized carbons (Fsp3) is 0.562. The third kappa shape index (κ3) is 4.11. The van der Waals surface area contributed by atoms with Gasteiger partial charge in [0.25, 0.3) is 0 Å². The first-order valence-electron chi connectivity index (χ1n) is 8.32. The Morgan fingerprint density at radius 2 is 2.22 bits per heavy atom. The second-order valence-corrected chi connectivity index (χ2v) is 8.44. The van der Waals surface area contributed by atoms with E-state index in [-0.39, 0.29) is 40.6 Å². The SMILES string of the molecule is C[C@]12CCC(=O)N1[C@@H](C(=O)NCCNc1ncc(C(F)(F)F)cc1Cl)CS2. The summed E-state index contributed by atoms with van der Waals surface area (Å²) in [5.74, 6) is 0.405. The van der Waals surface area contributed by atoms with Gasteiger partial charge in [0.15, 0.2) is 0 Å². The topological polar surface area (TPSA) is 74.3 Å². The minimum atomic E-state index is -4.51. The first-order chi connectivity index (χ1) is 12.6. The van der Waals surface area contributed by atoms with E-state index in [0.717, 1.165) is 12.5 Å². The van der Waals surface area contributed by atoms with E-state index < -0.39 is 17.8 Å². The van der Waals surface area contributed by atoms with Crippen molar-refractivity contribution in [2.75, 3.05) is 24.2 Å². The first-order valence-corrected chi connectivity index (χ1v) is 9.68. The molecule has 0 aromatic carbocycles. The molecule has 1 aromatic heterocycles. The van der Waals surface area contributed by atoms with Crippen LogP contribution in [-0.4, -0.2) is 51.5 Å². The smallest absolute Gasteiger partial charge is 0.367 e. The predicted octanol–water partition coefficient (Wildman–Crippen LogP) is 2.74. The number of halogens is 4. The zero-order valence-electron chi connectivity index (χ0n) is 14.4. The Bertz CT molecular complexity index is 764. The van der Waals surface area contributed by atoms with Crippen LogP contribution in [0.3, 0.4) is 0 Å². The lowest BCUT2D eigenvalue weighted by Gasteiger charge is -2.29. The Morgan fingerprint density at radius 1 is 1.48 bits per heavy atom. The number of anilines is 1. The van der Waals surface area contributed by atoms with Gasteiger partial charge in [-0.25, -0.2) is 4.98 Å². The highest BCUT2D eigenvalue weighted by Gasteiger charge is 2.52. The van der Waals surface area contributed by atoms with Gasteiger partial charge in [-0.15, -0.1) is 11.8 Å². The summed E-state index contributed by atoms with van der Waals surface area (Å²) < 4.78 is 37.8. The summed E-state index contributed by atoms with van der Waals surface area (Å²) in [5.41, 5.74) is -0.927. The fourth-order valence-electron chi connectivity index (χ4n) is 3.22. The molecule has 27 heavy (non-hydrogen) atoms. The number of rotatable bonds is 5. The second kappa shape index (κ2) is 7.38. The summed E-state index contributed by atoms with van der Waals surface area (Å²) in [6.45, 7) is 2.42. The molecular weight excluding hydrogens is 405 g/mol. The van der Waals surface area contributed by atoms with E-state index in [1.54, 1.807) is 16.7 Å². The van der Waals surface area contributed by atoms with Crippen LogP contribution in [-0.2, 0) is 15.8 Å². The number of aromatic nitrogens is 1. The Morgan fingerprint density at radius 3 is 2.89 bits per heavy atom. The number of pyridine rings is 1. The van der Waals surface area contributed by atoms with E-state index in [4.69, 9.17) is 11.6 Å². The number of nitrogens with one attached hydrogen (secondary N) is 2. The molecule has 2 fully saturated rings. The molecule has 2 atom stereocenters. The first kappa shape index (κ1) is 20.1. The monoisotopic (exact) mass is 422 g/mol. The quantitative estimate of drug-likeness (QED) is 0.714. The fourth-order valence-corrected chi connectivity index (χ4v) is 4.89. The van der Waals surface area contributed by atoms with Gasteiger partial charge in [0.05, 0.1) is 15.5 Å². The van der Waals surface area contributed by atoms with Gasteiger partial charge in [-0.05, 0) is 19.4 Å². The largest absolute Gasteiger partial charge is 0.417 e. The number of carbonyl (C=O) groups is 2. The zero-order chi connectivity index (χ0) is 19.8. The molecule has 1 aromatic rings. The van der Waals surface area contributed by atoms with Gasteiger partial charge in [-0.3, -0.25) is 9.59 Å². The highest BCUT2D eigenvalue weighted by Crippen LogP contribution is 2.47. The standard InChI is InChI=1S/C16H18ClF3N4O2S/c1-15-3-2-12(25)24(15)11(8-27-15)14(26)22-5-4-21-13-10(17)6-9(7-23-13)16(18,19)20/h6-7,11H,2-5,8H2,1H3,(H,21,23)(H,22,26)/t11-,15+/m1/s1. The third-order valence-corrected chi connectivity index (χ3v) is 6.43. The van der Waals surface area contributed by atoms with Crippen LogP contribution in [0.5, 0.6) is 0 Å². The maximum absolute atomic E-state index is 12.6. The lowest BCUT2D eigenvalue weighted by Crippen LogP contribution is -2.50. The predicted molar refractivity (Wildman–Crippen MR) is 96.5 cm³/mol. The molecule has 3 heterocycles. The Balaban J connectivity index is 1.49. The Hall–Kier alpha value is -1.68. The van der Waals surface area contributed by atoms with Crippen molar-refractivity contribution in [3.63, 3.8) is 0 Å². The molecule has 2 saturated heterocycles. The summed E-state index contributed by atoms with van der Waals surface area (Å²) in [6, 6.07) is 0.299. The normalized spacial score (nSPS) is 24.9. The van der Waals surface area contributed by atoms with Crippen molar-refractivity contribution >= 4 is 41.0 Å². The van der Waals surface area contributed by atoms with Gasteiger partial charge in [0.1, 0.15) is 11.9 Å². The summed E-state index contributed by atoms with van der Waals surface area (Å²) in [5, 5.41) is 5.38. The van der Waals surface area contributed by atoms with E-state index in [1.807, 2.05) is 6.92 Å². The number of amides is 2. The number of alkyl halides is 3. The van der Waals surface area contributed by atoms with Crippen LogP contribution < -0.4 is 10.6 Å². The van der Waals surface area contributed by atoms with Crippen molar-refractivity contribution in [2.45, 2.75) is 36.9 Å². The number of thioether (sulfide) groups is 1. The molecule has 0 saturated carbocycles. The van der Waals surface area contributed by atoms with Crippen LogP contribution >= 0.6 is 23.4 Å². The molecule has 0 bridgehead atoms. The highest BCUT2D eigenvalue weighted by molar-refractivity contribution is 8.01. The molecule has 148 valence electrons. The van der Waals surface area contributed by atoms with Crippen molar-refractivity contribution in [1.82, 2.24) is 15.2 Å². The van der Waals surface area contributed by atoms with Gasteiger partial charge in [-0.2, -0.15) is 13.2 Å². The third-order valence-electron chi connectivity index (χ3n) is 4.63. The minimum Gasteiger partial charge on any atom is -0.367 e. The van der Waals surface area contributed by atoms with Gasteiger partial charge in [0.2, 0.25) is 11.8 Å². The summed E-state index contributed by atoms with van der Waals surface area (Å²) in [6.07, 6.45) is -2.63. The Labute approximate surface area is 163 Å². The number of hydrogen-bond donors (Lipinski definition) is 2. The number of nitrogens with zero attached hydrogens (tertiary/aromatic N) is 2. The molecular formula is C16H18ClF3N4O2S. The zero-order valence-corrected chi connectivity index (χ0v) is 16.0. The van der Waals surface area contributed by atoms with Crippen molar-refractivity contribution in [2.24, 2.45) is 0 Å². The maximum atomic E-state index is 12.6. The summed E-state index contributed by atoms with van der Waals surface area (Å²) in [4.78, 5) is 29.5. The molecule has 0 unspecified atom stereocenters. The van der Waals surface area contributed by atoms with Crippen LogP contribution in [0.15, 0.2) is 12.3 Å². The van der Waals surface area contributed by atoms with E-state index in [1.165, 1.54) is 0 Å². The van der Waals surface area contributed by atoms with E-state index in [2.05, 4.69) is 15.6 Å². The lowest BCUT2D eigenvalue weighted by molar-refractivity contribution is -0.138. The van der Waals surface area contributed by atoms with E-state index >= 15 is 0 Å². The second-order valence-electron chi connectivity index (χ2n) is 6.54. The average Bonchev–Trinajstić information content (AvgIpc) is 3.08. The van der Waals surface area contributed by atoms with Crippen LogP contribution in [0.25, 0.3) is 0 Å². The number of carbonyl (C=O) groups excluding carboxylic acids is 2. The van der Waals surface area contributed by atoms with Gasteiger partial charge >= 0.3 is 6.18 Å². The molecule has 2 amide bonds. The van der Waals surface area contributed by atoms with Crippen molar-refractivity contribution in [1.29, 1.82) is 0 Å². The van der Waals surface area contributed by atoms with Crippen LogP contribution in [0.2, 0.25) is 5.02 Å². The summed E-state index contributed by atoms with van der Waals surface area (Å²) >= 11 is 7.42. The van der Waals surface area contributed by atoms with E-state index in [0.29, 0.717) is 18.4 Å².